The molecule has 172 valence electrons. The zero-order valence-electron chi connectivity index (χ0n) is 18.4. The highest BCUT2D eigenvalue weighted by molar-refractivity contribution is 6.30. The summed E-state index contributed by atoms with van der Waals surface area (Å²) in [5, 5.41) is 2.62. The number of halogens is 2. The molecular formula is C23H27ClFN3O4. The first kappa shape index (κ1) is 23.8. The summed E-state index contributed by atoms with van der Waals surface area (Å²) in [5.74, 6) is -1.56. The molecule has 7 nitrogen and oxygen atoms in total. The predicted octanol–water partition coefficient (Wildman–Crippen LogP) is 4.07. The normalized spacial score (nSPS) is 13.3. The molecule has 0 radical (unpaired) electrons. The molecule has 0 atom stereocenters. The lowest BCUT2D eigenvalue weighted by atomic mass is 10.1. The molecule has 1 aromatic carbocycles. The minimum atomic E-state index is -0.528. The molecule has 0 unspecified atom stereocenters. The van der Waals surface area contributed by atoms with Crippen molar-refractivity contribution in [3.8, 4) is 5.75 Å². The van der Waals surface area contributed by atoms with Gasteiger partial charge >= 0.3 is 0 Å². The minimum absolute atomic E-state index is 0.0160. The average molecular weight is 464 g/mol. The summed E-state index contributed by atoms with van der Waals surface area (Å²) < 4.78 is 20.9. The second kappa shape index (κ2) is 10.2. The number of nitrogens with zero attached hydrogens (tertiary/aromatic N) is 2. The van der Waals surface area contributed by atoms with Crippen LogP contribution in [0, 0.1) is 11.7 Å². The van der Waals surface area contributed by atoms with Gasteiger partial charge in [-0.15, -0.1) is 0 Å². The number of fused-ring (bicyclic) bond motifs is 1. The van der Waals surface area contributed by atoms with E-state index in [4.69, 9.17) is 16.3 Å². The van der Waals surface area contributed by atoms with Crippen LogP contribution in [0.4, 0.5) is 10.1 Å². The number of rotatable bonds is 8. The second-order valence-corrected chi connectivity index (χ2v) is 8.47. The third kappa shape index (κ3) is 5.12. The molecule has 1 aliphatic rings. The highest BCUT2D eigenvalue weighted by atomic mass is 35.5. The number of aromatic nitrogens is 1. The van der Waals surface area contributed by atoms with E-state index in [1.54, 1.807) is 29.4 Å². The van der Waals surface area contributed by atoms with E-state index in [1.165, 1.54) is 18.3 Å². The Labute approximate surface area is 191 Å². The van der Waals surface area contributed by atoms with E-state index in [0.717, 1.165) is 6.42 Å². The van der Waals surface area contributed by atoms with Gasteiger partial charge in [-0.3, -0.25) is 14.4 Å². The second-order valence-electron chi connectivity index (χ2n) is 8.06. The van der Waals surface area contributed by atoms with Crippen LogP contribution in [-0.4, -0.2) is 34.4 Å². The number of hydrogen-bond acceptors (Lipinski definition) is 4. The molecule has 1 N–H and O–H groups in total. The summed E-state index contributed by atoms with van der Waals surface area (Å²) in [6.07, 6.45) is 3.07. The van der Waals surface area contributed by atoms with E-state index in [-0.39, 0.29) is 53.0 Å². The summed E-state index contributed by atoms with van der Waals surface area (Å²) in [5.41, 5.74) is 0.384. The van der Waals surface area contributed by atoms with Crippen LogP contribution in [0.3, 0.4) is 0 Å². The van der Waals surface area contributed by atoms with Crippen LogP contribution >= 0.6 is 11.6 Å². The van der Waals surface area contributed by atoms with E-state index in [0.29, 0.717) is 25.1 Å². The van der Waals surface area contributed by atoms with E-state index < -0.39 is 11.2 Å². The van der Waals surface area contributed by atoms with E-state index in [2.05, 4.69) is 5.32 Å². The number of anilines is 1. The monoisotopic (exact) mass is 463 g/mol. The first-order chi connectivity index (χ1) is 15.2. The highest BCUT2D eigenvalue weighted by Crippen LogP contribution is 2.25. The Morgan fingerprint density at radius 1 is 1.28 bits per heavy atom. The van der Waals surface area contributed by atoms with Crippen molar-refractivity contribution in [3.63, 3.8) is 0 Å². The smallest absolute Gasteiger partial charge is 0.274 e. The summed E-state index contributed by atoms with van der Waals surface area (Å²) in [6, 6.07) is 4.31. The molecule has 0 fully saturated rings. The Morgan fingerprint density at radius 3 is 2.69 bits per heavy atom. The number of nitrogens with one attached hydrogen (secondary N) is 1. The van der Waals surface area contributed by atoms with Gasteiger partial charge in [0.15, 0.2) is 11.4 Å². The maximum absolute atomic E-state index is 13.5. The van der Waals surface area contributed by atoms with Crippen LogP contribution in [0.5, 0.6) is 5.75 Å². The van der Waals surface area contributed by atoms with Crippen LogP contribution in [0.25, 0.3) is 0 Å². The fourth-order valence-electron chi connectivity index (χ4n) is 3.34. The molecule has 2 amide bonds. The fourth-order valence-corrected chi connectivity index (χ4v) is 3.55. The SMILES string of the molecule is CCCCOc1c2n(cc(NC(=O)C(C)C)c1=O)CCN(Cc1ccc(F)c(Cl)c1)C2=O. The Hall–Kier alpha value is -2.87. The van der Waals surface area contributed by atoms with Gasteiger partial charge in [-0.1, -0.05) is 44.9 Å². The fraction of sp³-hybridized carbons (Fsp3) is 0.435. The van der Waals surface area contributed by atoms with Gasteiger partial charge < -0.3 is 19.5 Å². The zero-order chi connectivity index (χ0) is 23.4. The number of pyridine rings is 1. The van der Waals surface area contributed by atoms with Crippen molar-refractivity contribution in [1.29, 1.82) is 0 Å². The van der Waals surface area contributed by atoms with Crippen molar-refractivity contribution in [1.82, 2.24) is 9.47 Å². The molecule has 0 bridgehead atoms. The zero-order valence-corrected chi connectivity index (χ0v) is 19.2. The van der Waals surface area contributed by atoms with E-state index in [9.17, 15) is 18.8 Å². The maximum atomic E-state index is 13.5. The van der Waals surface area contributed by atoms with Gasteiger partial charge in [0.1, 0.15) is 11.5 Å². The first-order valence-electron chi connectivity index (χ1n) is 10.7. The first-order valence-corrected chi connectivity index (χ1v) is 11.0. The number of ether oxygens (including phenoxy) is 1. The lowest BCUT2D eigenvalue weighted by Crippen LogP contribution is -2.42. The standard InChI is InChI=1S/C23H27ClFN3O4/c1-4-5-10-32-21-19-23(31)28(12-15-6-7-17(25)16(24)11-15)9-8-27(19)13-18(20(21)29)26-22(30)14(2)3/h6-7,11,13-14H,4-5,8-10,12H2,1-3H3,(H,26,30). The molecule has 0 saturated carbocycles. The topological polar surface area (TPSA) is 80.6 Å². The number of carbonyl (C=O) groups is 2. The highest BCUT2D eigenvalue weighted by Gasteiger charge is 2.31. The van der Waals surface area contributed by atoms with Gasteiger partial charge in [-0.25, -0.2) is 4.39 Å². The quantitative estimate of drug-likeness (QED) is 0.598. The Bertz CT molecular complexity index is 1080. The minimum Gasteiger partial charge on any atom is -0.487 e. The number of benzene rings is 1. The molecule has 0 spiro atoms. The molecular weight excluding hydrogens is 437 g/mol. The van der Waals surface area contributed by atoms with Gasteiger partial charge in [0.25, 0.3) is 5.91 Å². The Morgan fingerprint density at radius 2 is 2.03 bits per heavy atom. The molecule has 32 heavy (non-hydrogen) atoms. The van der Waals surface area contributed by atoms with Crippen LogP contribution in [0.2, 0.25) is 5.02 Å². The number of unbranched alkanes of at least 4 members (excludes halogenated alkanes) is 1. The Kier molecular flexibility index (Phi) is 7.56. The van der Waals surface area contributed by atoms with E-state index in [1.807, 2.05) is 6.92 Å². The van der Waals surface area contributed by atoms with Crippen LogP contribution in [0.1, 0.15) is 49.7 Å². The van der Waals surface area contributed by atoms with Crippen molar-refractivity contribution < 1.29 is 18.7 Å². The number of carbonyl (C=O) groups excluding carboxylic acids is 2. The van der Waals surface area contributed by atoms with Crippen molar-refractivity contribution in [2.75, 3.05) is 18.5 Å². The van der Waals surface area contributed by atoms with Gasteiger partial charge in [0.05, 0.1) is 11.6 Å². The van der Waals surface area contributed by atoms with Gasteiger partial charge in [0.2, 0.25) is 11.3 Å². The predicted molar refractivity (Wildman–Crippen MR) is 121 cm³/mol. The molecule has 0 saturated heterocycles. The number of amides is 2. The third-order valence-electron chi connectivity index (χ3n) is 5.22. The summed E-state index contributed by atoms with van der Waals surface area (Å²) in [4.78, 5) is 40.1. The molecule has 1 aromatic heterocycles. The lowest BCUT2D eigenvalue weighted by Gasteiger charge is -2.31. The van der Waals surface area contributed by atoms with Gasteiger partial charge in [0, 0.05) is 31.7 Å². The average Bonchev–Trinajstić information content (AvgIpc) is 2.75. The summed E-state index contributed by atoms with van der Waals surface area (Å²) >= 11 is 5.87. The van der Waals surface area contributed by atoms with E-state index >= 15 is 0 Å². The Balaban J connectivity index is 1.96. The van der Waals surface area contributed by atoms with Crippen molar-refractivity contribution in [2.45, 2.75) is 46.7 Å². The summed E-state index contributed by atoms with van der Waals surface area (Å²) in [7, 11) is 0. The van der Waals surface area contributed by atoms with Crippen molar-refractivity contribution in [3.05, 3.63) is 56.7 Å². The van der Waals surface area contributed by atoms with Crippen LogP contribution in [0.15, 0.2) is 29.2 Å². The van der Waals surface area contributed by atoms with Crippen molar-refractivity contribution >= 4 is 29.1 Å². The molecule has 2 heterocycles. The van der Waals surface area contributed by atoms with Crippen LogP contribution in [-0.2, 0) is 17.9 Å². The molecule has 0 aliphatic carbocycles. The largest absolute Gasteiger partial charge is 0.487 e. The molecule has 9 heteroatoms. The van der Waals surface area contributed by atoms with Gasteiger partial charge in [-0.05, 0) is 24.1 Å². The molecule has 1 aliphatic heterocycles. The van der Waals surface area contributed by atoms with Gasteiger partial charge in [-0.2, -0.15) is 0 Å². The maximum Gasteiger partial charge on any atom is 0.274 e. The number of hydrogen-bond donors (Lipinski definition) is 1. The lowest BCUT2D eigenvalue weighted by molar-refractivity contribution is -0.118. The molecule has 2 aromatic rings. The summed E-state index contributed by atoms with van der Waals surface area (Å²) in [6.45, 7) is 6.72. The van der Waals surface area contributed by atoms with Crippen LogP contribution < -0.4 is 15.5 Å². The molecule has 3 rings (SSSR count). The van der Waals surface area contributed by atoms with Crippen molar-refractivity contribution in [2.24, 2.45) is 5.92 Å². The third-order valence-corrected chi connectivity index (χ3v) is 5.51.